The van der Waals surface area contributed by atoms with Gasteiger partial charge in [0.2, 0.25) is 0 Å². The van der Waals surface area contributed by atoms with Crippen LogP contribution >= 0.6 is 0 Å². The molecule has 0 unspecified atom stereocenters. The van der Waals surface area contributed by atoms with Gasteiger partial charge in [-0.1, -0.05) is 0 Å². The number of rotatable bonds is 3. The Bertz CT molecular complexity index is 758. The van der Waals surface area contributed by atoms with E-state index in [0.717, 1.165) is 5.56 Å². The van der Waals surface area contributed by atoms with Crippen molar-refractivity contribution in [3.05, 3.63) is 59.7 Å². The summed E-state index contributed by atoms with van der Waals surface area (Å²) in [7, 11) is 0. The van der Waals surface area contributed by atoms with Crippen LogP contribution in [-0.4, -0.2) is 44.3 Å². The van der Waals surface area contributed by atoms with Crippen LogP contribution in [0.4, 0.5) is 0 Å². The largest absolute Gasteiger partial charge is 0.390 e. The zero-order valence-corrected chi connectivity index (χ0v) is 12.7. The van der Waals surface area contributed by atoms with E-state index in [1.165, 1.54) is 6.33 Å². The number of carbonyl (C=O) groups is 1. The maximum atomic E-state index is 12.4. The van der Waals surface area contributed by atoms with E-state index in [0.29, 0.717) is 17.5 Å². The molecule has 1 saturated carbocycles. The number of amides is 1. The lowest BCUT2D eigenvalue weighted by Gasteiger charge is -2.23. The summed E-state index contributed by atoms with van der Waals surface area (Å²) in [5.74, 6) is -0.655. The summed E-state index contributed by atoms with van der Waals surface area (Å²) in [5, 5.41) is 31.8. The lowest BCUT2D eigenvalue weighted by Crippen LogP contribution is -2.45. The SMILES string of the molecule is N#Cc1ccc(C(=O)N[C@H]2[C@H](O)[C@H](O)C[C@@H]2c2cncnc2)cc1. The van der Waals surface area contributed by atoms with Gasteiger partial charge in [0, 0.05) is 23.9 Å². The molecule has 1 aromatic heterocycles. The van der Waals surface area contributed by atoms with Gasteiger partial charge < -0.3 is 15.5 Å². The molecule has 0 aliphatic heterocycles. The third kappa shape index (κ3) is 3.11. The van der Waals surface area contributed by atoms with Crippen LogP contribution in [-0.2, 0) is 0 Å². The normalized spacial score (nSPS) is 25.9. The lowest BCUT2D eigenvalue weighted by atomic mass is 9.95. The van der Waals surface area contributed by atoms with Crippen molar-refractivity contribution in [2.75, 3.05) is 0 Å². The van der Waals surface area contributed by atoms with E-state index in [1.807, 2.05) is 6.07 Å². The van der Waals surface area contributed by atoms with Crippen molar-refractivity contribution < 1.29 is 15.0 Å². The molecule has 3 rings (SSSR count). The van der Waals surface area contributed by atoms with E-state index in [4.69, 9.17) is 5.26 Å². The third-order valence-electron chi connectivity index (χ3n) is 4.27. The minimum Gasteiger partial charge on any atom is -0.390 e. The number of nitrogens with one attached hydrogen (secondary N) is 1. The van der Waals surface area contributed by atoms with E-state index < -0.39 is 18.2 Å². The van der Waals surface area contributed by atoms with Gasteiger partial charge in [0.1, 0.15) is 12.4 Å². The maximum absolute atomic E-state index is 12.4. The maximum Gasteiger partial charge on any atom is 0.251 e. The summed E-state index contributed by atoms with van der Waals surface area (Å²) in [5.41, 5.74) is 1.59. The number of aromatic nitrogens is 2. The number of hydrogen-bond acceptors (Lipinski definition) is 6. The first-order valence-corrected chi connectivity index (χ1v) is 7.52. The van der Waals surface area contributed by atoms with Gasteiger partial charge in [-0.2, -0.15) is 5.26 Å². The minimum atomic E-state index is -1.07. The molecule has 3 N–H and O–H groups in total. The molecule has 122 valence electrons. The Morgan fingerprint density at radius 2 is 1.88 bits per heavy atom. The molecule has 24 heavy (non-hydrogen) atoms. The second-order valence-corrected chi connectivity index (χ2v) is 5.76. The molecule has 4 atom stereocenters. The Labute approximate surface area is 138 Å². The summed E-state index contributed by atoms with van der Waals surface area (Å²) < 4.78 is 0. The van der Waals surface area contributed by atoms with E-state index in [-0.39, 0.29) is 11.8 Å². The zero-order valence-electron chi connectivity index (χ0n) is 12.7. The first kappa shape index (κ1) is 16.1. The minimum absolute atomic E-state index is 0.279. The third-order valence-corrected chi connectivity index (χ3v) is 4.27. The monoisotopic (exact) mass is 324 g/mol. The number of carbonyl (C=O) groups excluding carboxylic acids is 1. The van der Waals surface area contributed by atoms with Crippen molar-refractivity contribution >= 4 is 5.91 Å². The molecule has 0 bridgehead atoms. The number of aliphatic hydroxyl groups is 2. The van der Waals surface area contributed by atoms with E-state index in [2.05, 4.69) is 15.3 Å². The highest BCUT2D eigenvalue weighted by Crippen LogP contribution is 2.34. The van der Waals surface area contributed by atoms with Crippen molar-refractivity contribution in [3.8, 4) is 6.07 Å². The molecule has 1 aliphatic carbocycles. The summed E-state index contributed by atoms with van der Waals surface area (Å²) in [4.78, 5) is 20.3. The molecule has 7 nitrogen and oxygen atoms in total. The number of nitriles is 1. The number of aliphatic hydroxyl groups excluding tert-OH is 2. The van der Waals surface area contributed by atoms with Gasteiger partial charge in [-0.3, -0.25) is 4.79 Å². The fourth-order valence-electron chi connectivity index (χ4n) is 2.99. The molecule has 2 aromatic rings. The molecular formula is C17H16N4O3. The number of benzene rings is 1. The first-order valence-electron chi connectivity index (χ1n) is 7.52. The van der Waals surface area contributed by atoms with Crippen LogP contribution in [0.1, 0.15) is 33.8 Å². The van der Waals surface area contributed by atoms with Crippen LogP contribution in [0.3, 0.4) is 0 Å². The molecular weight excluding hydrogens is 308 g/mol. The van der Waals surface area contributed by atoms with Crippen molar-refractivity contribution in [3.63, 3.8) is 0 Å². The standard InChI is InChI=1S/C17H16N4O3/c18-6-10-1-3-11(4-2-10)17(24)21-15-13(5-14(22)16(15)23)12-7-19-9-20-8-12/h1-4,7-9,13-16,22-23H,5H2,(H,21,24)/t13-,14-,15-,16-/m1/s1. The quantitative estimate of drug-likeness (QED) is 0.750. The van der Waals surface area contributed by atoms with Crippen LogP contribution in [0.2, 0.25) is 0 Å². The topological polar surface area (TPSA) is 119 Å². The summed E-state index contributed by atoms with van der Waals surface area (Å²) in [6, 6.07) is 7.55. The highest BCUT2D eigenvalue weighted by molar-refractivity contribution is 5.94. The smallest absolute Gasteiger partial charge is 0.251 e. The predicted octanol–water partition coefficient (Wildman–Crippen LogP) is 0.356. The number of hydrogen-bond donors (Lipinski definition) is 3. The van der Waals surface area contributed by atoms with Gasteiger partial charge in [-0.05, 0) is 36.2 Å². The molecule has 7 heteroatoms. The van der Waals surface area contributed by atoms with Crippen molar-refractivity contribution in [2.24, 2.45) is 0 Å². The Morgan fingerprint density at radius 1 is 1.21 bits per heavy atom. The van der Waals surface area contributed by atoms with Crippen LogP contribution in [0.5, 0.6) is 0 Å². The van der Waals surface area contributed by atoms with E-state index in [1.54, 1.807) is 36.7 Å². The van der Waals surface area contributed by atoms with Gasteiger partial charge in [0.05, 0.1) is 23.8 Å². The molecule has 1 aromatic carbocycles. The highest BCUT2D eigenvalue weighted by Gasteiger charge is 2.43. The van der Waals surface area contributed by atoms with Crippen molar-refractivity contribution in [1.82, 2.24) is 15.3 Å². The van der Waals surface area contributed by atoms with Crippen LogP contribution in [0.25, 0.3) is 0 Å². The molecule has 0 radical (unpaired) electrons. The second-order valence-electron chi connectivity index (χ2n) is 5.76. The molecule has 1 amide bonds. The van der Waals surface area contributed by atoms with E-state index >= 15 is 0 Å². The Hall–Kier alpha value is -2.82. The molecule has 1 heterocycles. The molecule has 0 saturated heterocycles. The second kappa shape index (κ2) is 6.74. The van der Waals surface area contributed by atoms with Gasteiger partial charge in [-0.25, -0.2) is 9.97 Å². The van der Waals surface area contributed by atoms with Crippen LogP contribution in [0, 0.1) is 11.3 Å². The van der Waals surface area contributed by atoms with Gasteiger partial charge >= 0.3 is 0 Å². The highest BCUT2D eigenvalue weighted by atomic mass is 16.3. The van der Waals surface area contributed by atoms with E-state index in [9.17, 15) is 15.0 Å². The molecule has 0 spiro atoms. The fraction of sp³-hybridized carbons (Fsp3) is 0.294. The zero-order chi connectivity index (χ0) is 17.1. The molecule has 1 aliphatic rings. The van der Waals surface area contributed by atoms with Gasteiger partial charge in [0.25, 0.3) is 5.91 Å². The summed E-state index contributed by atoms with van der Waals surface area (Å²) in [6.45, 7) is 0. The van der Waals surface area contributed by atoms with Crippen molar-refractivity contribution in [1.29, 1.82) is 5.26 Å². The summed E-state index contributed by atoms with van der Waals surface area (Å²) in [6.07, 6.45) is 2.94. The number of nitrogens with zero attached hydrogens (tertiary/aromatic N) is 3. The Morgan fingerprint density at radius 3 is 2.50 bits per heavy atom. The van der Waals surface area contributed by atoms with Gasteiger partial charge in [-0.15, -0.1) is 0 Å². The first-order chi connectivity index (χ1) is 11.6. The average Bonchev–Trinajstić information content (AvgIpc) is 2.91. The Kier molecular flexibility index (Phi) is 4.51. The molecule has 1 fully saturated rings. The Balaban J connectivity index is 1.80. The lowest BCUT2D eigenvalue weighted by molar-refractivity contribution is 0.0294. The summed E-state index contributed by atoms with van der Waals surface area (Å²) >= 11 is 0. The average molecular weight is 324 g/mol. The van der Waals surface area contributed by atoms with Gasteiger partial charge in [0.15, 0.2) is 0 Å². The van der Waals surface area contributed by atoms with Crippen molar-refractivity contribution in [2.45, 2.75) is 30.6 Å². The van der Waals surface area contributed by atoms with Crippen LogP contribution < -0.4 is 5.32 Å². The fourth-order valence-corrected chi connectivity index (χ4v) is 2.99. The van der Waals surface area contributed by atoms with Crippen LogP contribution in [0.15, 0.2) is 43.0 Å². The predicted molar refractivity (Wildman–Crippen MR) is 83.8 cm³/mol.